The fourth-order valence-corrected chi connectivity index (χ4v) is 6.32. The number of benzene rings is 1. The first-order valence-electron chi connectivity index (χ1n) is 8.46. The monoisotopic (exact) mass is 367 g/mol. The second-order valence-corrected chi connectivity index (χ2v) is 9.21. The predicted molar refractivity (Wildman–Crippen MR) is 89.6 cm³/mol. The number of hydrogen-bond acceptors (Lipinski definition) is 6. The Morgan fingerprint density at radius 1 is 1.32 bits per heavy atom. The Morgan fingerprint density at radius 3 is 2.84 bits per heavy atom. The number of sulfone groups is 1. The molecule has 8 heteroatoms. The summed E-state index contributed by atoms with van der Waals surface area (Å²) in [5, 5.41) is 0. The minimum atomic E-state index is -3.21. The number of hydrogen-bond donors (Lipinski definition) is 0. The summed E-state index contributed by atoms with van der Waals surface area (Å²) in [6, 6.07) is 5.04. The van der Waals surface area contributed by atoms with Crippen LogP contribution < -0.4 is 9.47 Å². The fourth-order valence-electron chi connectivity index (χ4n) is 3.92. The maximum absolute atomic E-state index is 12.7. The van der Waals surface area contributed by atoms with Gasteiger partial charge in [0, 0.05) is 31.2 Å². The molecule has 0 N–H and O–H groups in total. The Balaban J connectivity index is 1.50. The second kappa shape index (κ2) is 5.88. The summed E-state index contributed by atoms with van der Waals surface area (Å²) in [4.78, 5) is 14.3. The Morgan fingerprint density at radius 2 is 2.08 bits per heavy atom. The summed E-state index contributed by atoms with van der Waals surface area (Å²) < 4.78 is 40.3. The first kappa shape index (κ1) is 16.7. The zero-order valence-electron chi connectivity index (χ0n) is 14.1. The van der Waals surface area contributed by atoms with Gasteiger partial charge in [-0.3, -0.25) is 4.79 Å². The van der Waals surface area contributed by atoms with E-state index in [0.717, 1.165) is 0 Å². The third-order valence-corrected chi connectivity index (χ3v) is 8.05. The maximum atomic E-state index is 12.7. The number of carbonyl (C=O) groups excluding carboxylic acids is 1. The molecule has 1 atom stereocenters. The molecule has 25 heavy (non-hydrogen) atoms. The molecule has 0 unspecified atom stereocenters. The lowest BCUT2D eigenvalue weighted by Gasteiger charge is -2.49. The molecule has 0 bridgehead atoms. The van der Waals surface area contributed by atoms with Crippen molar-refractivity contribution in [2.45, 2.75) is 18.1 Å². The molecule has 1 aromatic rings. The molecule has 3 aliphatic rings. The molecule has 3 aliphatic heterocycles. The van der Waals surface area contributed by atoms with Crippen LogP contribution in [0.15, 0.2) is 18.2 Å². The second-order valence-electron chi connectivity index (χ2n) is 6.76. The van der Waals surface area contributed by atoms with Crippen molar-refractivity contribution in [2.24, 2.45) is 5.92 Å². The molecule has 1 amide bonds. The largest absolute Gasteiger partial charge is 0.454 e. The van der Waals surface area contributed by atoms with Crippen LogP contribution in [0.3, 0.4) is 0 Å². The van der Waals surface area contributed by atoms with Crippen molar-refractivity contribution in [1.29, 1.82) is 0 Å². The van der Waals surface area contributed by atoms with E-state index in [1.165, 1.54) is 0 Å². The van der Waals surface area contributed by atoms with Crippen LogP contribution in [0.4, 0.5) is 0 Å². The summed E-state index contributed by atoms with van der Waals surface area (Å²) in [5.41, 5.74) is 0.482. The molecule has 0 aliphatic carbocycles. The minimum Gasteiger partial charge on any atom is -0.454 e. The number of likely N-dealkylation sites (tertiary alicyclic amines) is 1. The zero-order valence-corrected chi connectivity index (χ0v) is 14.9. The lowest BCUT2D eigenvalue weighted by molar-refractivity contribution is 0.0270. The van der Waals surface area contributed by atoms with Crippen LogP contribution in [0.25, 0.3) is 0 Å². The van der Waals surface area contributed by atoms with Crippen molar-refractivity contribution in [1.82, 2.24) is 4.90 Å². The van der Waals surface area contributed by atoms with Crippen LogP contribution in [0, 0.1) is 5.92 Å². The van der Waals surface area contributed by atoms with Crippen LogP contribution in [0.1, 0.15) is 23.7 Å². The molecule has 4 rings (SSSR count). The van der Waals surface area contributed by atoms with Crippen molar-refractivity contribution in [3.8, 4) is 11.5 Å². The predicted octanol–water partition coefficient (Wildman–Crippen LogP) is 1.08. The molecule has 2 saturated heterocycles. The first-order valence-corrected chi connectivity index (χ1v) is 10.1. The SMILES string of the molecule is CCOC[C@H]1CCS(=O)(=O)C12CN(C(=O)c1ccc3c(c1)OCO3)C2. The van der Waals surface area contributed by atoms with Gasteiger partial charge in [-0.2, -0.15) is 0 Å². The van der Waals surface area contributed by atoms with Gasteiger partial charge in [0.15, 0.2) is 21.3 Å². The average molecular weight is 367 g/mol. The summed E-state index contributed by atoms with van der Waals surface area (Å²) >= 11 is 0. The number of ether oxygens (including phenoxy) is 3. The zero-order chi connectivity index (χ0) is 17.7. The standard InChI is InChI=1S/C17H21NO6S/c1-2-22-8-13-5-6-25(20,21)17(13)9-18(10-17)16(19)12-3-4-14-15(7-12)24-11-23-14/h3-4,7,13H,2,5-6,8-11H2,1H3/t13-/m1/s1. The molecule has 1 aromatic carbocycles. The van der Waals surface area contributed by atoms with Crippen molar-refractivity contribution in [3.05, 3.63) is 23.8 Å². The van der Waals surface area contributed by atoms with E-state index in [1.807, 2.05) is 6.92 Å². The van der Waals surface area contributed by atoms with Gasteiger partial charge in [-0.15, -0.1) is 0 Å². The van der Waals surface area contributed by atoms with E-state index in [0.29, 0.717) is 36.7 Å². The van der Waals surface area contributed by atoms with Crippen molar-refractivity contribution < 1.29 is 27.4 Å². The number of rotatable bonds is 4. The summed E-state index contributed by atoms with van der Waals surface area (Å²) in [7, 11) is -3.21. The van der Waals surface area contributed by atoms with Gasteiger partial charge < -0.3 is 19.1 Å². The highest BCUT2D eigenvalue weighted by Crippen LogP contribution is 2.45. The van der Waals surface area contributed by atoms with Crippen LogP contribution in [-0.4, -0.2) is 62.8 Å². The fraction of sp³-hybridized carbons (Fsp3) is 0.588. The minimum absolute atomic E-state index is 0.0433. The van der Waals surface area contributed by atoms with Gasteiger partial charge in [0.05, 0.1) is 12.4 Å². The highest BCUT2D eigenvalue weighted by molar-refractivity contribution is 7.93. The summed E-state index contributed by atoms with van der Waals surface area (Å²) in [6.45, 7) is 3.51. The van der Waals surface area contributed by atoms with Gasteiger partial charge in [0.2, 0.25) is 6.79 Å². The van der Waals surface area contributed by atoms with E-state index in [4.69, 9.17) is 14.2 Å². The van der Waals surface area contributed by atoms with E-state index >= 15 is 0 Å². The van der Waals surface area contributed by atoms with E-state index in [9.17, 15) is 13.2 Å². The van der Waals surface area contributed by atoms with Gasteiger partial charge in [-0.05, 0) is 31.5 Å². The highest BCUT2D eigenvalue weighted by atomic mass is 32.2. The number of nitrogens with zero attached hydrogens (tertiary/aromatic N) is 1. The normalized spacial score (nSPS) is 25.2. The first-order chi connectivity index (χ1) is 12.0. The van der Waals surface area contributed by atoms with Crippen LogP contribution in [-0.2, 0) is 14.6 Å². The molecule has 136 valence electrons. The topological polar surface area (TPSA) is 82.1 Å². The highest BCUT2D eigenvalue weighted by Gasteiger charge is 2.62. The maximum Gasteiger partial charge on any atom is 0.254 e. The van der Waals surface area contributed by atoms with Crippen molar-refractivity contribution >= 4 is 15.7 Å². The van der Waals surface area contributed by atoms with E-state index in [2.05, 4.69) is 0 Å². The third kappa shape index (κ3) is 2.50. The Labute approximate surface area is 146 Å². The molecule has 0 saturated carbocycles. The molecular weight excluding hydrogens is 346 g/mol. The lowest BCUT2D eigenvalue weighted by Crippen LogP contribution is -2.68. The summed E-state index contributed by atoms with van der Waals surface area (Å²) in [6.07, 6.45) is 0.606. The number of fused-ring (bicyclic) bond motifs is 1. The quantitative estimate of drug-likeness (QED) is 0.792. The smallest absolute Gasteiger partial charge is 0.254 e. The molecule has 2 fully saturated rings. The molecule has 7 nitrogen and oxygen atoms in total. The Bertz CT molecular complexity index is 799. The van der Waals surface area contributed by atoms with E-state index in [1.54, 1.807) is 23.1 Å². The molecule has 0 aromatic heterocycles. The molecular formula is C17H21NO6S. The van der Waals surface area contributed by atoms with Crippen molar-refractivity contribution in [2.75, 3.05) is 38.8 Å². The van der Waals surface area contributed by atoms with Crippen LogP contribution >= 0.6 is 0 Å². The average Bonchev–Trinajstić information content (AvgIpc) is 3.11. The van der Waals surface area contributed by atoms with Gasteiger partial charge in [-0.1, -0.05) is 0 Å². The van der Waals surface area contributed by atoms with Gasteiger partial charge in [0.1, 0.15) is 4.75 Å². The van der Waals surface area contributed by atoms with Gasteiger partial charge >= 0.3 is 0 Å². The van der Waals surface area contributed by atoms with Gasteiger partial charge in [-0.25, -0.2) is 8.42 Å². The van der Waals surface area contributed by atoms with Crippen molar-refractivity contribution in [3.63, 3.8) is 0 Å². The molecule has 3 heterocycles. The third-order valence-electron chi connectivity index (χ3n) is 5.45. The Hall–Kier alpha value is -1.80. The van der Waals surface area contributed by atoms with Crippen LogP contribution in [0.2, 0.25) is 0 Å². The summed E-state index contributed by atoms with van der Waals surface area (Å²) in [5.74, 6) is 1.12. The number of amides is 1. The molecule has 1 spiro atoms. The lowest BCUT2D eigenvalue weighted by atomic mass is 9.83. The van der Waals surface area contributed by atoms with Gasteiger partial charge in [0.25, 0.3) is 5.91 Å². The van der Waals surface area contributed by atoms with E-state index < -0.39 is 14.6 Å². The molecule has 0 radical (unpaired) electrons. The Kier molecular flexibility index (Phi) is 3.92. The number of carbonyl (C=O) groups is 1. The van der Waals surface area contributed by atoms with E-state index in [-0.39, 0.29) is 37.5 Å². The van der Waals surface area contributed by atoms with Crippen LogP contribution in [0.5, 0.6) is 11.5 Å².